The molecule has 1 aromatic carbocycles. The van der Waals surface area contributed by atoms with E-state index in [4.69, 9.17) is 4.74 Å². The van der Waals surface area contributed by atoms with Gasteiger partial charge in [-0.2, -0.15) is 0 Å². The maximum absolute atomic E-state index is 13.4. The predicted molar refractivity (Wildman–Crippen MR) is 72.7 cm³/mol. The van der Waals surface area contributed by atoms with Crippen molar-refractivity contribution in [2.24, 2.45) is 0 Å². The number of halogens is 1. The average molecular weight is 260 g/mol. The molecule has 0 saturated heterocycles. The van der Waals surface area contributed by atoms with Crippen molar-refractivity contribution in [3.63, 3.8) is 0 Å². The molecule has 19 heavy (non-hydrogen) atoms. The highest BCUT2D eigenvalue weighted by molar-refractivity contribution is 5.66. The van der Waals surface area contributed by atoms with Crippen LogP contribution >= 0.6 is 0 Å². The Hall–Kier alpha value is -1.97. The van der Waals surface area contributed by atoms with Gasteiger partial charge in [0.25, 0.3) is 0 Å². The summed E-state index contributed by atoms with van der Waals surface area (Å²) >= 11 is 0. The maximum Gasteiger partial charge on any atom is 0.128 e. The van der Waals surface area contributed by atoms with Crippen LogP contribution in [0.15, 0.2) is 24.4 Å². The molecule has 2 rings (SSSR count). The van der Waals surface area contributed by atoms with Gasteiger partial charge in [0.15, 0.2) is 0 Å². The number of ether oxygens (including phenoxy) is 1. The molecule has 0 aliphatic rings. The second-order valence-electron chi connectivity index (χ2n) is 4.20. The number of benzene rings is 1. The first-order valence-electron chi connectivity index (χ1n) is 6.38. The summed E-state index contributed by atoms with van der Waals surface area (Å²) in [6.45, 7) is 4.08. The minimum Gasteiger partial charge on any atom is -0.496 e. The summed E-state index contributed by atoms with van der Waals surface area (Å²) in [5, 5.41) is 0. The Morgan fingerprint density at radius 3 is 2.53 bits per heavy atom. The molecule has 0 N–H and O–H groups in total. The molecule has 0 saturated carbocycles. The highest BCUT2D eigenvalue weighted by atomic mass is 19.1. The predicted octanol–water partition coefficient (Wildman–Crippen LogP) is 3.42. The average Bonchev–Trinajstić information content (AvgIpc) is 2.46. The topological polar surface area (TPSA) is 35.0 Å². The van der Waals surface area contributed by atoms with Gasteiger partial charge >= 0.3 is 0 Å². The lowest BCUT2D eigenvalue weighted by Crippen LogP contribution is -2.01. The zero-order chi connectivity index (χ0) is 13.8. The van der Waals surface area contributed by atoms with Crippen molar-refractivity contribution < 1.29 is 9.13 Å². The van der Waals surface area contributed by atoms with E-state index in [1.165, 1.54) is 12.1 Å². The van der Waals surface area contributed by atoms with Crippen LogP contribution < -0.4 is 4.74 Å². The molecule has 2 aromatic rings. The second kappa shape index (κ2) is 5.78. The summed E-state index contributed by atoms with van der Waals surface area (Å²) < 4.78 is 18.6. The van der Waals surface area contributed by atoms with E-state index in [1.807, 2.05) is 13.8 Å². The van der Waals surface area contributed by atoms with Crippen LogP contribution in [0.1, 0.15) is 25.2 Å². The van der Waals surface area contributed by atoms with Crippen LogP contribution in [0.25, 0.3) is 11.3 Å². The highest BCUT2D eigenvalue weighted by Gasteiger charge is 2.11. The van der Waals surface area contributed by atoms with E-state index in [2.05, 4.69) is 9.97 Å². The quantitative estimate of drug-likeness (QED) is 0.845. The second-order valence-corrected chi connectivity index (χ2v) is 4.20. The largest absolute Gasteiger partial charge is 0.496 e. The molecule has 0 atom stereocenters. The minimum absolute atomic E-state index is 0.310. The van der Waals surface area contributed by atoms with Gasteiger partial charge in [0, 0.05) is 5.56 Å². The molecule has 4 heteroatoms. The Kier molecular flexibility index (Phi) is 4.10. The number of nitrogens with zero attached hydrogens (tertiary/aromatic N) is 2. The first-order valence-corrected chi connectivity index (χ1v) is 6.38. The summed E-state index contributed by atoms with van der Waals surface area (Å²) in [5.74, 6) is 0.289. The highest BCUT2D eigenvalue weighted by Crippen LogP contribution is 2.29. The molecule has 0 aliphatic carbocycles. The number of hydrogen-bond donors (Lipinski definition) is 0. The van der Waals surface area contributed by atoms with E-state index < -0.39 is 0 Å². The first-order chi connectivity index (χ1) is 9.19. The van der Waals surface area contributed by atoms with Gasteiger partial charge in [0.1, 0.15) is 11.6 Å². The zero-order valence-electron chi connectivity index (χ0n) is 11.4. The molecular weight excluding hydrogens is 243 g/mol. The Morgan fingerprint density at radius 1 is 1.16 bits per heavy atom. The molecule has 0 fully saturated rings. The van der Waals surface area contributed by atoms with Crippen molar-refractivity contribution in [1.82, 2.24) is 9.97 Å². The number of hydrogen-bond acceptors (Lipinski definition) is 3. The van der Waals surface area contributed by atoms with Gasteiger partial charge < -0.3 is 4.74 Å². The van der Waals surface area contributed by atoms with Crippen LogP contribution in [0.3, 0.4) is 0 Å². The third kappa shape index (κ3) is 2.72. The van der Waals surface area contributed by atoms with Crippen molar-refractivity contribution in [3.05, 3.63) is 41.6 Å². The van der Waals surface area contributed by atoms with Crippen LogP contribution in [0.4, 0.5) is 4.39 Å². The van der Waals surface area contributed by atoms with Crippen molar-refractivity contribution in [1.29, 1.82) is 0 Å². The smallest absolute Gasteiger partial charge is 0.128 e. The Bertz CT molecular complexity index is 584. The van der Waals surface area contributed by atoms with Crippen LogP contribution in [-0.2, 0) is 12.8 Å². The molecule has 0 amide bonds. The number of aryl methyl sites for hydroxylation is 2. The monoisotopic (exact) mass is 260 g/mol. The fourth-order valence-electron chi connectivity index (χ4n) is 2.04. The lowest BCUT2D eigenvalue weighted by molar-refractivity contribution is 0.415. The first kappa shape index (κ1) is 13.5. The molecule has 0 unspecified atom stereocenters. The number of rotatable bonds is 4. The molecule has 1 heterocycles. The van der Waals surface area contributed by atoms with Crippen LogP contribution in [0, 0.1) is 5.82 Å². The Morgan fingerprint density at radius 2 is 1.89 bits per heavy atom. The normalized spacial score (nSPS) is 10.5. The fraction of sp³-hybridized carbons (Fsp3) is 0.333. The van der Waals surface area contributed by atoms with E-state index >= 15 is 0 Å². The van der Waals surface area contributed by atoms with Gasteiger partial charge in [-0.05, 0) is 31.0 Å². The molecular formula is C15H17FN2O. The van der Waals surface area contributed by atoms with Crippen molar-refractivity contribution in [2.75, 3.05) is 7.11 Å². The molecule has 0 aliphatic heterocycles. The van der Waals surface area contributed by atoms with Gasteiger partial charge in [-0.1, -0.05) is 13.8 Å². The van der Waals surface area contributed by atoms with Gasteiger partial charge in [-0.25, -0.2) is 9.37 Å². The fourth-order valence-corrected chi connectivity index (χ4v) is 2.04. The van der Waals surface area contributed by atoms with Crippen molar-refractivity contribution in [3.8, 4) is 17.0 Å². The minimum atomic E-state index is -0.310. The van der Waals surface area contributed by atoms with Gasteiger partial charge in [0.2, 0.25) is 0 Å². The van der Waals surface area contributed by atoms with E-state index in [0.717, 1.165) is 24.2 Å². The lowest BCUT2D eigenvalue weighted by Gasteiger charge is -2.10. The van der Waals surface area contributed by atoms with E-state index in [0.29, 0.717) is 17.0 Å². The summed E-state index contributed by atoms with van der Waals surface area (Å²) in [4.78, 5) is 8.98. The summed E-state index contributed by atoms with van der Waals surface area (Å²) in [6, 6.07) is 4.40. The third-order valence-corrected chi connectivity index (χ3v) is 3.04. The number of methoxy groups -OCH3 is 1. The SMILES string of the molecule is CCc1ncc(-c2cc(F)ccc2OC)nc1CC. The Labute approximate surface area is 112 Å². The maximum atomic E-state index is 13.4. The molecule has 0 radical (unpaired) electrons. The van der Waals surface area contributed by atoms with Gasteiger partial charge in [0.05, 0.1) is 30.4 Å². The summed E-state index contributed by atoms with van der Waals surface area (Å²) in [7, 11) is 1.56. The summed E-state index contributed by atoms with van der Waals surface area (Å²) in [5.41, 5.74) is 3.21. The van der Waals surface area contributed by atoms with E-state index in [-0.39, 0.29) is 5.82 Å². The molecule has 0 bridgehead atoms. The van der Waals surface area contributed by atoms with Crippen LogP contribution in [0.5, 0.6) is 5.75 Å². The van der Waals surface area contributed by atoms with E-state index in [1.54, 1.807) is 19.4 Å². The number of aromatic nitrogens is 2. The van der Waals surface area contributed by atoms with Gasteiger partial charge in [-0.15, -0.1) is 0 Å². The zero-order valence-corrected chi connectivity index (χ0v) is 11.4. The van der Waals surface area contributed by atoms with Crippen LogP contribution in [-0.4, -0.2) is 17.1 Å². The third-order valence-electron chi connectivity index (χ3n) is 3.04. The standard InChI is InChI=1S/C15H17FN2O/c1-4-12-13(5-2)18-14(9-17-12)11-8-10(16)6-7-15(11)19-3/h6-9H,4-5H2,1-3H3. The molecule has 3 nitrogen and oxygen atoms in total. The molecule has 100 valence electrons. The van der Waals surface area contributed by atoms with Crippen molar-refractivity contribution in [2.45, 2.75) is 26.7 Å². The Balaban J connectivity index is 2.55. The lowest BCUT2D eigenvalue weighted by atomic mass is 10.1. The molecule has 1 aromatic heterocycles. The van der Waals surface area contributed by atoms with E-state index in [9.17, 15) is 4.39 Å². The summed E-state index contributed by atoms with van der Waals surface area (Å²) in [6.07, 6.45) is 3.33. The van der Waals surface area contributed by atoms with Crippen molar-refractivity contribution >= 4 is 0 Å². The van der Waals surface area contributed by atoms with Gasteiger partial charge in [-0.3, -0.25) is 4.98 Å². The van der Waals surface area contributed by atoms with Crippen LogP contribution in [0.2, 0.25) is 0 Å². The molecule has 0 spiro atoms.